The predicted molar refractivity (Wildman–Crippen MR) is 66.2 cm³/mol. The number of hydrogen-bond donors (Lipinski definition) is 1. The van der Waals surface area contributed by atoms with E-state index >= 15 is 0 Å². The summed E-state index contributed by atoms with van der Waals surface area (Å²) in [7, 11) is 1.66. The van der Waals surface area contributed by atoms with E-state index in [0.717, 1.165) is 13.0 Å². The zero-order chi connectivity index (χ0) is 12.6. The standard InChI is InChI=1S/C12H26N2O2/c1-10(2)14(7-5-6-13)12(15)8-11(3)9-16-4/h10-11H,5-9,13H2,1-4H3. The van der Waals surface area contributed by atoms with Gasteiger partial charge >= 0.3 is 0 Å². The monoisotopic (exact) mass is 230 g/mol. The lowest BCUT2D eigenvalue weighted by molar-refractivity contribution is -0.134. The molecule has 16 heavy (non-hydrogen) atoms. The Kier molecular flexibility index (Phi) is 8.21. The molecule has 0 saturated carbocycles. The fourth-order valence-electron chi connectivity index (χ4n) is 1.69. The molecule has 0 aromatic rings. The summed E-state index contributed by atoms with van der Waals surface area (Å²) >= 11 is 0. The van der Waals surface area contributed by atoms with E-state index in [2.05, 4.69) is 0 Å². The van der Waals surface area contributed by atoms with Gasteiger partial charge in [0.1, 0.15) is 0 Å². The first kappa shape index (κ1) is 15.4. The van der Waals surface area contributed by atoms with Crippen molar-refractivity contribution in [1.82, 2.24) is 4.90 Å². The lowest BCUT2D eigenvalue weighted by Gasteiger charge is -2.27. The molecule has 0 aromatic carbocycles. The van der Waals surface area contributed by atoms with Crippen LogP contribution in [0.5, 0.6) is 0 Å². The molecule has 0 aliphatic heterocycles. The SMILES string of the molecule is COCC(C)CC(=O)N(CCCN)C(C)C. The summed E-state index contributed by atoms with van der Waals surface area (Å²) in [6.07, 6.45) is 1.42. The van der Waals surface area contributed by atoms with Crippen molar-refractivity contribution in [1.29, 1.82) is 0 Å². The van der Waals surface area contributed by atoms with E-state index in [4.69, 9.17) is 10.5 Å². The molecule has 0 bridgehead atoms. The van der Waals surface area contributed by atoms with Crippen molar-refractivity contribution in [3.8, 4) is 0 Å². The molecule has 1 atom stereocenters. The van der Waals surface area contributed by atoms with Crippen LogP contribution in [-0.2, 0) is 9.53 Å². The van der Waals surface area contributed by atoms with E-state index in [1.54, 1.807) is 7.11 Å². The molecule has 0 saturated heterocycles. The molecule has 2 N–H and O–H groups in total. The number of nitrogens with zero attached hydrogens (tertiary/aromatic N) is 1. The predicted octanol–water partition coefficient (Wildman–Crippen LogP) is 1.24. The average molecular weight is 230 g/mol. The molecular formula is C12H26N2O2. The highest BCUT2D eigenvalue weighted by Gasteiger charge is 2.18. The van der Waals surface area contributed by atoms with Crippen LogP contribution < -0.4 is 5.73 Å². The van der Waals surface area contributed by atoms with Gasteiger partial charge in [-0.2, -0.15) is 0 Å². The van der Waals surface area contributed by atoms with Crippen LogP contribution in [0.3, 0.4) is 0 Å². The van der Waals surface area contributed by atoms with Gasteiger partial charge in [0.2, 0.25) is 5.91 Å². The second-order valence-electron chi connectivity index (χ2n) is 4.59. The van der Waals surface area contributed by atoms with Crippen LogP contribution in [0.2, 0.25) is 0 Å². The zero-order valence-corrected chi connectivity index (χ0v) is 11.0. The van der Waals surface area contributed by atoms with Crippen molar-refractivity contribution >= 4 is 5.91 Å². The first-order valence-corrected chi connectivity index (χ1v) is 6.01. The van der Waals surface area contributed by atoms with Crippen molar-refractivity contribution < 1.29 is 9.53 Å². The number of ether oxygens (including phenoxy) is 1. The van der Waals surface area contributed by atoms with E-state index in [1.165, 1.54) is 0 Å². The number of carbonyl (C=O) groups excluding carboxylic acids is 1. The van der Waals surface area contributed by atoms with E-state index in [0.29, 0.717) is 19.6 Å². The maximum Gasteiger partial charge on any atom is 0.223 e. The Morgan fingerprint density at radius 2 is 2.00 bits per heavy atom. The fraction of sp³-hybridized carbons (Fsp3) is 0.917. The number of methoxy groups -OCH3 is 1. The maximum absolute atomic E-state index is 12.0. The van der Waals surface area contributed by atoms with Gasteiger partial charge in [-0.25, -0.2) is 0 Å². The first-order chi connectivity index (χ1) is 7.52. The molecule has 0 heterocycles. The van der Waals surface area contributed by atoms with Gasteiger partial charge in [-0.15, -0.1) is 0 Å². The molecule has 96 valence electrons. The highest BCUT2D eigenvalue weighted by atomic mass is 16.5. The molecule has 1 unspecified atom stereocenters. The maximum atomic E-state index is 12.0. The molecule has 0 radical (unpaired) electrons. The second kappa shape index (κ2) is 8.53. The molecular weight excluding hydrogens is 204 g/mol. The summed E-state index contributed by atoms with van der Waals surface area (Å²) in [5, 5.41) is 0. The first-order valence-electron chi connectivity index (χ1n) is 6.01. The number of amides is 1. The quantitative estimate of drug-likeness (QED) is 0.682. The summed E-state index contributed by atoms with van der Waals surface area (Å²) in [4.78, 5) is 13.9. The molecule has 0 spiro atoms. The van der Waals surface area contributed by atoms with Gasteiger partial charge in [-0.3, -0.25) is 4.79 Å². The van der Waals surface area contributed by atoms with Crippen molar-refractivity contribution in [2.45, 2.75) is 39.7 Å². The number of nitrogens with two attached hydrogens (primary N) is 1. The fourth-order valence-corrected chi connectivity index (χ4v) is 1.69. The summed E-state index contributed by atoms with van der Waals surface area (Å²) in [6, 6.07) is 0.244. The Balaban J connectivity index is 4.16. The van der Waals surface area contributed by atoms with E-state index in [9.17, 15) is 4.79 Å². The average Bonchev–Trinajstić information content (AvgIpc) is 2.17. The second-order valence-corrected chi connectivity index (χ2v) is 4.59. The van der Waals surface area contributed by atoms with E-state index in [-0.39, 0.29) is 17.9 Å². The highest BCUT2D eigenvalue weighted by molar-refractivity contribution is 5.76. The van der Waals surface area contributed by atoms with E-state index in [1.807, 2.05) is 25.7 Å². The lowest BCUT2D eigenvalue weighted by Crippen LogP contribution is -2.39. The van der Waals surface area contributed by atoms with Crippen LogP contribution in [-0.4, -0.2) is 43.7 Å². The van der Waals surface area contributed by atoms with Gasteiger partial charge in [0.05, 0.1) is 0 Å². The molecule has 0 rings (SSSR count). The minimum atomic E-state index is 0.202. The van der Waals surface area contributed by atoms with Crippen LogP contribution in [0.25, 0.3) is 0 Å². The smallest absolute Gasteiger partial charge is 0.223 e. The molecule has 0 aliphatic rings. The van der Waals surface area contributed by atoms with Crippen LogP contribution in [0.4, 0.5) is 0 Å². The summed E-state index contributed by atoms with van der Waals surface area (Å²) in [6.45, 7) is 8.12. The molecule has 4 heteroatoms. The van der Waals surface area contributed by atoms with Gasteiger partial charge in [0, 0.05) is 32.7 Å². The van der Waals surface area contributed by atoms with E-state index < -0.39 is 0 Å². The Labute approximate surface area is 99.1 Å². The van der Waals surface area contributed by atoms with Crippen LogP contribution >= 0.6 is 0 Å². The largest absolute Gasteiger partial charge is 0.384 e. The van der Waals surface area contributed by atoms with Crippen LogP contribution in [0.15, 0.2) is 0 Å². The number of rotatable bonds is 8. The molecule has 0 fully saturated rings. The normalized spacial score (nSPS) is 12.9. The van der Waals surface area contributed by atoms with Gasteiger partial charge in [-0.1, -0.05) is 6.92 Å². The van der Waals surface area contributed by atoms with Gasteiger partial charge in [0.25, 0.3) is 0 Å². The van der Waals surface area contributed by atoms with Gasteiger partial charge < -0.3 is 15.4 Å². The Bertz CT molecular complexity index is 195. The third-order valence-electron chi connectivity index (χ3n) is 2.52. The minimum absolute atomic E-state index is 0.202. The summed E-state index contributed by atoms with van der Waals surface area (Å²) in [5.41, 5.74) is 5.47. The topological polar surface area (TPSA) is 55.6 Å². The summed E-state index contributed by atoms with van der Waals surface area (Å²) in [5.74, 6) is 0.477. The lowest BCUT2D eigenvalue weighted by atomic mass is 10.1. The van der Waals surface area contributed by atoms with Crippen molar-refractivity contribution in [2.75, 3.05) is 26.8 Å². The Hall–Kier alpha value is -0.610. The molecule has 4 nitrogen and oxygen atoms in total. The Morgan fingerprint density at radius 3 is 2.44 bits per heavy atom. The third-order valence-corrected chi connectivity index (χ3v) is 2.52. The third kappa shape index (κ3) is 6.08. The van der Waals surface area contributed by atoms with Crippen molar-refractivity contribution in [3.05, 3.63) is 0 Å². The molecule has 1 amide bonds. The van der Waals surface area contributed by atoms with Crippen LogP contribution in [0.1, 0.15) is 33.6 Å². The molecule has 0 aromatic heterocycles. The van der Waals surface area contributed by atoms with Crippen molar-refractivity contribution in [3.63, 3.8) is 0 Å². The van der Waals surface area contributed by atoms with Gasteiger partial charge in [-0.05, 0) is 32.7 Å². The minimum Gasteiger partial charge on any atom is -0.384 e. The number of hydrogen-bond acceptors (Lipinski definition) is 3. The Morgan fingerprint density at radius 1 is 1.38 bits per heavy atom. The number of carbonyl (C=O) groups is 1. The van der Waals surface area contributed by atoms with Crippen LogP contribution in [0, 0.1) is 5.92 Å². The zero-order valence-electron chi connectivity index (χ0n) is 11.0. The highest BCUT2D eigenvalue weighted by Crippen LogP contribution is 2.09. The van der Waals surface area contributed by atoms with Crippen molar-refractivity contribution in [2.24, 2.45) is 11.7 Å². The molecule has 0 aliphatic carbocycles. The van der Waals surface area contributed by atoms with Gasteiger partial charge in [0.15, 0.2) is 0 Å². The summed E-state index contributed by atoms with van der Waals surface area (Å²) < 4.78 is 5.04.